The summed E-state index contributed by atoms with van der Waals surface area (Å²) >= 11 is 19.5. The smallest absolute Gasteiger partial charge is 0.273 e. The number of aryl methyl sites for hydroxylation is 1. The fraction of sp³-hybridized carbons (Fsp3) is 0.190. The van der Waals surface area contributed by atoms with Gasteiger partial charge in [-0.25, -0.2) is 4.98 Å². The van der Waals surface area contributed by atoms with Crippen molar-refractivity contribution in [1.82, 2.24) is 9.88 Å². The Morgan fingerprint density at radius 2 is 1.68 bits per heavy atom. The number of aliphatic hydroxyl groups excluding tert-OH is 1. The molecule has 2 amide bonds. The van der Waals surface area contributed by atoms with Crippen LogP contribution in [0.5, 0.6) is 0 Å². The first-order valence-corrected chi connectivity index (χ1v) is 11.1. The van der Waals surface area contributed by atoms with Gasteiger partial charge in [0.15, 0.2) is 5.13 Å². The number of aromatic nitrogens is 1. The van der Waals surface area contributed by atoms with E-state index in [1.807, 2.05) is 0 Å². The third-order valence-corrected chi connectivity index (χ3v) is 6.17. The number of rotatable bonds is 6. The van der Waals surface area contributed by atoms with Gasteiger partial charge in [0.1, 0.15) is 5.69 Å². The number of hydrogen-bond acceptors (Lipinski definition) is 5. The van der Waals surface area contributed by atoms with E-state index in [4.69, 9.17) is 39.9 Å². The molecule has 31 heavy (non-hydrogen) atoms. The molecule has 3 aromatic rings. The number of hydrogen-bond donors (Lipinski definition) is 1. The Morgan fingerprint density at radius 3 is 2.29 bits per heavy atom. The van der Waals surface area contributed by atoms with Gasteiger partial charge in [-0.05, 0) is 49.4 Å². The van der Waals surface area contributed by atoms with Gasteiger partial charge in [-0.15, -0.1) is 11.3 Å². The quantitative estimate of drug-likeness (QED) is 0.490. The maximum atomic E-state index is 13.5. The summed E-state index contributed by atoms with van der Waals surface area (Å²) in [5.41, 5.74) is 0.959. The van der Waals surface area contributed by atoms with Crippen LogP contribution >= 0.6 is 46.1 Å². The Hall–Kier alpha value is -2.16. The summed E-state index contributed by atoms with van der Waals surface area (Å²) in [5, 5.41) is 10.5. The normalized spacial score (nSPS) is 10.8. The monoisotopic (exact) mass is 497 g/mol. The van der Waals surface area contributed by atoms with E-state index in [9.17, 15) is 9.59 Å². The average molecular weight is 499 g/mol. The highest BCUT2D eigenvalue weighted by atomic mass is 35.5. The largest absolute Gasteiger partial charge is 0.395 e. The zero-order valence-corrected chi connectivity index (χ0v) is 19.7. The first kappa shape index (κ1) is 23.5. The molecule has 0 atom stereocenters. The highest BCUT2D eigenvalue weighted by molar-refractivity contribution is 7.16. The van der Waals surface area contributed by atoms with Gasteiger partial charge in [0.25, 0.3) is 11.8 Å². The van der Waals surface area contributed by atoms with E-state index >= 15 is 0 Å². The number of aliphatic hydroxyl groups is 1. The molecule has 162 valence electrons. The Labute approximate surface area is 198 Å². The summed E-state index contributed by atoms with van der Waals surface area (Å²) in [4.78, 5) is 34.0. The van der Waals surface area contributed by atoms with E-state index in [-0.39, 0.29) is 35.3 Å². The molecule has 0 bridgehead atoms. The highest BCUT2D eigenvalue weighted by Crippen LogP contribution is 2.35. The third kappa shape index (κ3) is 5.19. The topological polar surface area (TPSA) is 73.7 Å². The van der Waals surface area contributed by atoms with E-state index < -0.39 is 5.91 Å². The van der Waals surface area contributed by atoms with Crippen molar-refractivity contribution in [1.29, 1.82) is 0 Å². The number of nitrogens with zero attached hydrogens (tertiary/aromatic N) is 3. The molecule has 1 N–H and O–H groups in total. The van der Waals surface area contributed by atoms with Crippen LogP contribution in [0.3, 0.4) is 0 Å². The molecule has 3 rings (SSSR count). The van der Waals surface area contributed by atoms with Crippen molar-refractivity contribution in [3.8, 4) is 0 Å². The van der Waals surface area contributed by atoms with Gasteiger partial charge in [0.05, 0.1) is 22.9 Å². The van der Waals surface area contributed by atoms with Crippen LogP contribution in [0.15, 0.2) is 42.5 Å². The fourth-order valence-corrected chi connectivity index (χ4v) is 4.33. The molecular weight excluding hydrogens is 481 g/mol. The number of anilines is 2. The molecule has 0 aliphatic carbocycles. The summed E-state index contributed by atoms with van der Waals surface area (Å²) in [6, 6.07) is 11.3. The maximum absolute atomic E-state index is 13.5. The van der Waals surface area contributed by atoms with Gasteiger partial charge in [0, 0.05) is 28.5 Å². The summed E-state index contributed by atoms with van der Waals surface area (Å²) < 4.78 is 0. The number of carbonyl (C=O) groups is 2. The SMILES string of the molecule is Cc1sc(N(C(=O)c2ccc(Cl)cc2Cl)c2ccc(Cl)cc2)nc1C(=O)N(C)CCO. The zero-order chi connectivity index (χ0) is 22.7. The molecule has 0 spiro atoms. The minimum atomic E-state index is -0.430. The number of amides is 2. The van der Waals surface area contributed by atoms with E-state index in [0.717, 1.165) is 0 Å². The number of benzene rings is 2. The molecule has 1 heterocycles. The van der Waals surface area contributed by atoms with Crippen LogP contribution in [0.25, 0.3) is 0 Å². The molecule has 10 heteroatoms. The van der Waals surface area contributed by atoms with Crippen LogP contribution in [0, 0.1) is 6.92 Å². The second-order valence-corrected chi connectivity index (χ2v) is 9.05. The summed E-state index contributed by atoms with van der Waals surface area (Å²) in [6.45, 7) is 1.76. The molecule has 0 fully saturated rings. The van der Waals surface area contributed by atoms with Crippen LogP contribution in [0.1, 0.15) is 25.7 Å². The predicted octanol–water partition coefficient (Wildman–Crippen LogP) is 5.45. The minimum Gasteiger partial charge on any atom is -0.395 e. The van der Waals surface area contributed by atoms with Gasteiger partial charge in [0.2, 0.25) is 0 Å². The highest BCUT2D eigenvalue weighted by Gasteiger charge is 2.28. The molecule has 0 saturated heterocycles. The number of likely N-dealkylation sites (N-methyl/N-ethyl adjacent to an activating group) is 1. The number of halogens is 3. The lowest BCUT2D eigenvalue weighted by Crippen LogP contribution is -2.30. The molecule has 6 nitrogen and oxygen atoms in total. The molecule has 0 aliphatic rings. The van der Waals surface area contributed by atoms with Crippen LogP contribution in [0.4, 0.5) is 10.8 Å². The molecular formula is C21H18Cl3N3O3S. The van der Waals surface area contributed by atoms with Crippen molar-refractivity contribution in [3.63, 3.8) is 0 Å². The summed E-state index contributed by atoms with van der Waals surface area (Å²) in [6.07, 6.45) is 0. The van der Waals surface area contributed by atoms with Crippen molar-refractivity contribution < 1.29 is 14.7 Å². The van der Waals surface area contributed by atoms with Crippen molar-refractivity contribution in [2.75, 3.05) is 25.1 Å². The minimum absolute atomic E-state index is 0.164. The van der Waals surface area contributed by atoms with E-state index in [1.165, 1.54) is 33.3 Å². The Kier molecular flexibility index (Phi) is 7.56. The van der Waals surface area contributed by atoms with Crippen LogP contribution in [-0.2, 0) is 0 Å². The van der Waals surface area contributed by atoms with E-state index in [0.29, 0.717) is 25.7 Å². The third-order valence-electron chi connectivity index (χ3n) is 4.41. The zero-order valence-electron chi connectivity index (χ0n) is 16.6. The van der Waals surface area contributed by atoms with E-state index in [1.54, 1.807) is 44.3 Å². The Morgan fingerprint density at radius 1 is 1.03 bits per heavy atom. The van der Waals surface area contributed by atoms with Gasteiger partial charge < -0.3 is 10.0 Å². The van der Waals surface area contributed by atoms with Crippen molar-refractivity contribution >= 4 is 68.8 Å². The lowest BCUT2D eigenvalue weighted by molar-refractivity contribution is 0.0761. The fourth-order valence-electron chi connectivity index (χ4n) is 2.80. The Balaban J connectivity index is 2.09. The number of thiazole rings is 1. The van der Waals surface area contributed by atoms with E-state index in [2.05, 4.69) is 4.98 Å². The van der Waals surface area contributed by atoms with Gasteiger partial charge in [-0.3, -0.25) is 14.5 Å². The molecule has 0 unspecified atom stereocenters. The second-order valence-electron chi connectivity index (χ2n) is 6.59. The molecule has 2 aromatic carbocycles. The summed E-state index contributed by atoms with van der Waals surface area (Å²) in [7, 11) is 1.58. The van der Waals surface area contributed by atoms with Crippen LogP contribution in [0.2, 0.25) is 15.1 Å². The van der Waals surface area contributed by atoms with Gasteiger partial charge in [-0.2, -0.15) is 0 Å². The lowest BCUT2D eigenvalue weighted by atomic mass is 10.2. The first-order chi connectivity index (χ1) is 14.7. The molecule has 0 saturated carbocycles. The molecule has 0 radical (unpaired) electrons. The Bertz CT molecular complexity index is 1120. The van der Waals surface area contributed by atoms with Crippen LogP contribution < -0.4 is 4.90 Å². The molecule has 0 aliphatic heterocycles. The van der Waals surface area contributed by atoms with Gasteiger partial charge >= 0.3 is 0 Å². The van der Waals surface area contributed by atoms with Crippen molar-refractivity contribution in [2.24, 2.45) is 0 Å². The second kappa shape index (κ2) is 9.97. The standard InChI is InChI=1S/C21H18Cl3N3O3S/c1-12-18(20(30)26(2)9-10-28)25-21(31-12)27(15-6-3-13(22)4-7-15)19(29)16-8-5-14(23)11-17(16)24/h3-8,11,28H,9-10H2,1-2H3. The van der Waals surface area contributed by atoms with Crippen molar-refractivity contribution in [3.05, 3.63) is 73.7 Å². The molecule has 1 aromatic heterocycles. The maximum Gasteiger partial charge on any atom is 0.273 e. The first-order valence-electron chi connectivity index (χ1n) is 9.11. The average Bonchev–Trinajstić information content (AvgIpc) is 3.10. The number of carbonyl (C=O) groups excluding carboxylic acids is 2. The van der Waals surface area contributed by atoms with Gasteiger partial charge in [-0.1, -0.05) is 34.8 Å². The lowest BCUT2D eigenvalue weighted by Gasteiger charge is -2.21. The van der Waals surface area contributed by atoms with Crippen LogP contribution in [-0.4, -0.2) is 47.0 Å². The predicted molar refractivity (Wildman–Crippen MR) is 125 cm³/mol. The summed E-state index contributed by atoms with van der Waals surface area (Å²) in [5.74, 6) is -0.775. The van der Waals surface area contributed by atoms with Crippen molar-refractivity contribution in [2.45, 2.75) is 6.92 Å².